The molecule has 0 aromatic heterocycles. The van der Waals surface area contributed by atoms with Gasteiger partial charge in [0.2, 0.25) is 0 Å². The van der Waals surface area contributed by atoms with E-state index in [2.05, 4.69) is 5.32 Å². The van der Waals surface area contributed by atoms with Gasteiger partial charge in [-0.05, 0) is 50.8 Å². The summed E-state index contributed by atoms with van der Waals surface area (Å²) in [5.41, 5.74) is 1.17. The quantitative estimate of drug-likeness (QED) is 0.826. The van der Waals surface area contributed by atoms with Gasteiger partial charge >= 0.3 is 5.97 Å². The number of ether oxygens (including phenoxy) is 1. The van der Waals surface area contributed by atoms with Crippen molar-refractivity contribution in [3.8, 4) is 5.75 Å². The Bertz CT molecular complexity index is 482. The second-order valence-electron chi connectivity index (χ2n) is 5.54. The summed E-state index contributed by atoms with van der Waals surface area (Å²) in [6, 6.07) is 6.13. The topological polar surface area (TPSA) is 58.6 Å². The number of aliphatic carboxylic acids is 1. The molecule has 1 saturated carbocycles. The third-order valence-corrected chi connectivity index (χ3v) is 3.64. The molecule has 1 unspecified atom stereocenters. The van der Waals surface area contributed by atoms with E-state index in [1.807, 2.05) is 32.0 Å². The third kappa shape index (κ3) is 3.26. The zero-order valence-corrected chi connectivity index (χ0v) is 11.7. The first kappa shape index (κ1) is 13.9. The van der Waals surface area contributed by atoms with Crippen molar-refractivity contribution in [3.05, 3.63) is 29.3 Å². The fraction of sp³-hybridized carbons (Fsp3) is 0.533. The first-order valence-electron chi connectivity index (χ1n) is 6.62. The van der Waals surface area contributed by atoms with Gasteiger partial charge in [-0.25, -0.2) is 0 Å². The lowest BCUT2D eigenvalue weighted by Crippen LogP contribution is -2.54. The Morgan fingerprint density at radius 2 is 2.16 bits per heavy atom. The average Bonchev–Trinajstić information content (AvgIpc) is 3.15. The van der Waals surface area contributed by atoms with Crippen LogP contribution < -0.4 is 10.1 Å². The molecule has 2 rings (SSSR count). The van der Waals surface area contributed by atoms with E-state index in [-0.39, 0.29) is 6.61 Å². The van der Waals surface area contributed by atoms with Gasteiger partial charge in [0.25, 0.3) is 0 Å². The number of rotatable bonds is 6. The molecule has 4 heteroatoms. The largest absolute Gasteiger partial charge is 0.491 e. The summed E-state index contributed by atoms with van der Waals surface area (Å²) in [5, 5.41) is 12.5. The van der Waals surface area contributed by atoms with Gasteiger partial charge in [0.15, 0.2) is 0 Å². The molecule has 0 bridgehead atoms. The van der Waals surface area contributed by atoms with Crippen LogP contribution in [-0.2, 0) is 4.79 Å². The molecule has 4 nitrogen and oxygen atoms in total. The maximum atomic E-state index is 11.4. The van der Waals surface area contributed by atoms with Crippen LogP contribution >= 0.6 is 0 Å². The standard InChI is InChI=1S/C15H21NO3/c1-10-5-4-6-13(11(10)2)19-9-15(3,14(17)18)16-12-7-8-12/h4-6,12,16H,7-9H2,1-3H3,(H,17,18). The van der Waals surface area contributed by atoms with Crippen LogP contribution in [0.15, 0.2) is 18.2 Å². The number of aryl methyl sites for hydroxylation is 1. The van der Waals surface area contributed by atoms with Crippen LogP contribution in [0.3, 0.4) is 0 Å². The van der Waals surface area contributed by atoms with Gasteiger partial charge in [-0.1, -0.05) is 12.1 Å². The monoisotopic (exact) mass is 263 g/mol. The summed E-state index contributed by atoms with van der Waals surface area (Å²) >= 11 is 0. The molecule has 104 valence electrons. The lowest BCUT2D eigenvalue weighted by atomic mass is 10.0. The predicted molar refractivity (Wildman–Crippen MR) is 73.6 cm³/mol. The SMILES string of the molecule is Cc1cccc(OCC(C)(NC2CC2)C(=O)O)c1C. The molecule has 19 heavy (non-hydrogen) atoms. The van der Waals surface area contributed by atoms with E-state index >= 15 is 0 Å². The molecule has 0 aliphatic heterocycles. The highest BCUT2D eigenvalue weighted by Crippen LogP contribution is 2.25. The Morgan fingerprint density at radius 3 is 2.74 bits per heavy atom. The summed E-state index contributed by atoms with van der Waals surface area (Å²) in [4.78, 5) is 11.4. The number of hydrogen-bond donors (Lipinski definition) is 2. The normalized spacial score (nSPS) is 17.8. The average molecular weight is 263 g/mol. The van der Waals surface area contributed by atoms with Crippen LogP contribution in [0.4, 0.5) is 0 Å². The summed E-state index contributed by atoms with van der Waals surface area (Å²) in [7, 11) is 0. The molecule has 2 N–H and O–H groups in total. The Labute approximate surface area is 113 Å². The van der Waals surface area contributed by atoms with Gasteiger partial charge in [0.1, 0.15) is 17.9 Å². The molecule has 0 spiro atoms. The lowest BCUT2D eigenvalue weighted by Gasteiger charge is -2.27. The highest BCUT2D eigenvalue weighted by Gasteiger charge is 2.39. The van der Waals surface area contributed by atoms with Gasteiger partial charge in [0, 0.05) is 6.04 Å². The van der Waals surface area contributed by atoms with Gasteiger partial charge in [-0.2, -0.15) is 0 Å². The van der Waals surface area contributed by atoms with Crippen molar-refractivity contribution < 1.29 is 14.6 Å². The molecular formula is C15H21NO3. The van der Waals surface area contributed by atoms with Crippen molar-refractivity contribution in [1.29, 1.82) is 0 Å². The maximum Gasteiger partial charge on any atom is 0.327 e. The smallest absolute Gasteiger partial charge is 0.327 e. The second kappa shape index (κ2) is 5.21. The highest BCUT2D eigenvalue weighted by molar-refractivity contribution is 5.78. The maximum absolute atomic E-state index is 11.4. The van der Waals surface area contributed by atoms with Crippen molar-refractivity contribution in [2.24, 2.45) is 0 Å². The Balaban J connectivity index is 2.05. The first-order valence-corrected chi connectivity index (χ1v) is 6.62. The lowest BCUT2D eigenvalue weighted by molar-refractivity contribution is -0.145. The molecule has 1 aromatic rings. The molecule has 1 aliphatic carbocycles. The Hall–Kier alpha value is -1.55. The van der Waals surface area contributed by atoms with Crippen molar-refractivity contribution >= 4 is 5.97 Å². The van der Waals surface area contributed by atoms with E-state index in [4.69, 9.17) is 4.74 Å². The number of nitrogens with one attached hydrogen (secondary N) is 1. The predicted octanol–water partition coefficient (Wildman–Crippen LogP) is 2.28. The molecule has 1 aromatic carbocycles. The zero-order chi connectivity index (χ0) is 14.0. The molecule has 0 saturated heterocycles. The number of carboxylic acid groups (broad SMARTS) is 1. The van der Waals surface area contributed by atoms with Crippen LogP contribution in [0, 0.1) is 13.8 Å². The van der Waals surface area contributed by atoms with Gasteiger partial charge in [-0.3, -0.25) is 10.1 Å². The van der Waals surface area contributed by atoms with Crippen LogP contribution in [0.5, 0.6) is 5.75 Å². The van der Waals surface area contributed by atoms with Crippen molar-refractivity contribution in [2.75, 3.05) is 6.61 Å². The number of carboxylic acids is 1. The van der Waals surface area contributed by atoms with Crippen LogP contribution in [-0.4, -0.2) is 29.3 Å². The third-order valence-electron chi connectivity index (χ3n) is 3.64. The van der Waals surface area contributed by atoms with E-state index in [1.165, 1.54) is 0 Å². The Kier molecular flexibility index (Phi) is 3.80. The summed E-state index contributed by atoms with van der Waals surface area (Å²) in [6.07, 6.45) is 2.10. The number of carbonyl (C=O) groups is 1. The molecule has 0 radical (unpaired) electrons. The molecule has 1 atom stereocenters. The van der Waals surface area contributed by atoms with Crippen molar-refractivity contribution in [1.82, 2.24) is 5.32 Å². The Morgan fingerprint density at radius 1 is 1.47 bits per heavy atom. The fourth-order valence-corrected chi connectivity index (χ4v) is 1.95. The second-order valence-corrected chi connectivity index (χ2v) is 5.54. The first-order chi connectivity index (χ1) is 8.92. The summed E-state index contributed by atoms with van der Waals surface area (Å²) in [5.74, 6) is -0.116. The fourth-order valence-electron chi connectivity index (χ4n) is 1.95. The van der Waals surface area contributed by atoms with Crippen LogP contribution in [0.2, 0.25) is 0 Å². The molecule has 0 heterocycles. The van der Waals surface area contributed by atoms with Crippen molar-refractivity contribution in [2.45, 2.75) is 45.2 Å². The highest BCUT2D eigenvalue weighted by atomic mass is 16.5. The van der Waals surface area contributed by atoms with E-state index in [0.717, 1.165) is 29.7 Å². The molecular weight excluding hydrogens is 242 g/mol. The van der Waals surface area contributed by atoms with E-state index < -0.39 is 11.5 Å². The summed E-state index contributed by atoms with van der Waals surface area (Å²) < 4.78 is 5.73. The minimum atomic E-state index is -1.03. The molecule has 1 fully saturated rings. The van der Waals surface area contributed by atoms with Gasteiger partial charge in [-0.15, -0.1) is 0 Å². The van der Waals surface area contributed by atoms with Crippen LogP contribution in [0.1, 0.15) is 30.9 Å². The number of benzene rings is 1. The molecule has 1 aliphatic rings. The zero-order valence-electron chi connectivity index (χ0n) is 11.7. The molecule has 0 amide bonds. The van der Waals surface area contributed by atoms with E-state index in [1.54, 1.807) is 6.92 Å². The van der Waals surface area contributed by atoms with E-state index in [9.17, 15) is 9.90 Å². The van der Waals surface area contributed by atoms with E-state index in [0.29, 0.717) is 6.04 Å². The van der Waals surface area contributed by atoms with Crippen LogP contribution in [0.25, 0.3) is 0 Å². The summed E-state index contributed by atoms with van der Waals surface area (Å²) in [6.45, 7) is 5.81. The van der Waals surface area contributed by atoms with Gasteiger partial charge < -0.3 is 9.84 Å². The van der Waals surface area contributed by atoms with Gasteiger partial charge in [0.05, 0.1) is 0 Å². The van der Waals surface area contributed by atoms with Crippen molar-refractivity contribution in [3.63, 3.8) is 0 Å². The number of hydrogen-bond acceptors (Lipinski definition) is 3. The minimum Gasteiger partial charge on any atom is -0.491 e. The minimum absolute atomic E-state index is 0.128.